The van der Waals surface area contributed by atoms with Gasteiger partial charge < -0.3 is 4.90 Å². The van der Waals surface area contributed by atoms with Gasteiger partial charge in [-0.05, 0) is 46.9 Å². The topological polar surface area (TPSA) is 3.24 Å². The molecule has 4 aromatic rings. The molecule has 0 radical (unpaired) electrons. The summed E-state index contributed by atoms with van der Waals surface area (Å²) in [6.07, 6.45) is 7.15. The normalized spacial score (nSPS) is 13.3. The van der Waals surface area contributed by atoms with Gasteiger partial charge in [0.25, 0.3) is 0 Å². The minimum Gasteiger partial charge on any atom is -0.310 e. The molecule has 144 valence electrons. The van der Waals surface area contributed by atoms with Crippen LogP contribution < -0.4 is 4.90 Å². The number of anilines is 3. The van der Waals surface area contributed by atoms with Gasteiger partial charge in [-0.1, -0.05) is 97.2 Å². The second kappa shape index (κ2) is 8.10. The van der Waals surface area contributed by atoms with Crippen LogP contribution in [0.1, 0.15) is 12.0 Å². The van der Waals surface area contributed by atoms with Gasteiger partial charge in [0, 0.05) is 28.0 Å². The maximum atomic E-state index is 5.57. The standard InChI is InChI=1S/C28H21NS/c30-28-16-7-6-14-26(28)22-17-19-24(20-18-22)29(23-11-2-1-3-12-23)27-15-8-10-21-9-4-5-13-25(21)27/h1-15,17-20H,16H2. The highest BCUT2D eigenvalue weighted by Crippen LogP contribution is 2.39. The highest BCUT2D eigenvalue weighted by atomic mass is 32.1. The molecule has 2 heteroatoms. The van der Waals surface area contributed by atoms with E-state index in [9.17, 15) is 0 Å². The summed E-state index contributed by atoms with van der Waals surface area (Å²) < 4.78 is 0. The monoisotopic (exact) mass is 403 g/mol. The second-order valence-corrected chi connectivity index (χ2v) is 7.84. The molecule has 0 fully saturated rings. The second-order valence-electron chi connectivity index (χ2n) is 7.35. The minimum atomic E-state index is 0.842. The summed E-state index contributed by atoms with van der Waals surface area (Å²) in [6.45, 7) is 0. The molecule has 0 aromatic heterocycles. The lowest BCUT2D eigenvalue weighted by Gasteiger charge is -2.27. The van der Waals surface area contributed by atoms with Crippen LogP contribution in [0.2, 0.25) is 0 Å². The van der Waals surface area contributed by atoms with E-state index in [1.165, 1.54) is 22.0 Å². The Morgan fingerprint density at radius 3 is 2.17 bits per heavy atom. The number of para-hydroxylation sites is 1. The van der Waals surface area contributed by atoms with Gasteiger partial charge in [-0.25, -0.2) is 0 Å². The predicted octanol–water partition coefficient (Wildman–Crippen LogP) is 8.02. The molecule has 5 rings (SSSR count). The summed E-state index contributed by atoms with van der Waals surface area (Å²) in [7, 11) is 0. The van der Waals surface area contributed by atoms with Crippen molar-refractivity contribution < 1.29 is 0 Å². The Balaban J connectivity index is 1.64. The molecular weight excluding hydrogens is 382 g/mol. The third kappa shape index (κ3) is 3.47. The molecule has 0 bridgehead atoms. The number of hydrogen-bond acceptors (Lipinski definition) is 2. The number of allylic oxidation sites excluding steroid dienone is 4. The molecule has 0 aliphatic heterocycles. The Hall–Kier alpha value is -3.49. The first-order valence-corrected chi connectivity index (χ1v) is 10.6. The van der Waals surface area contributed by atoms with E-state index in [0.717, 1.165) is 28.2 Å². The molecule has 1 aliphatic carbocycles. The third-order valence-corrected chi connectivity index (χ3v) is 5.85. The van der Waals surface area contributed by atoms with Crippen molar-refractivity contribution >= 4 is 50.5 Å². The predicted molar refractivity (Wildman–Crippen MR) is 133 cm³/mol. The molecule has 30 heavy (non-hydrogen) atoms. The molecule has 0 saturated carbocycles. The van der Waals surface area contributed by atoms with E-state index in [-0.39, 0.29) is 0 Å². The van der Waals surface area contributed by atoms with Crippen LogP contribution in [0.5, 0.6) is 0 Å². The van der Waals surface area contributed by atoms with Crippen LogP contribution in [-0.4, -0.2) is 4.86 Å². The quantitative estimate of drug-likeness (QED) is 0.317. The van der Waals surface area contributed by atoms with Crippen molar-refractivity contribution in [3.05, 3.63) is 121 Å². The van der Waals surface area contributed by atoms with Crippen LogP contribution in [0.15, 0.2) is 115 Å². The van der Waals surface area contributed by atoms with Crippen LogP contribution in [0.25, 0.3) is 16.3 Å². The lowest BCUT2D eigenvalue weighted by atomic mass is 9.97. The Kier molecular flexibility index (Phi) is 5.00. The summed E-state index contributed by atoms with van der Waals surface area (Å²) >= 11 is 5.57. The van der Waals surface area contributed by atoms with Gasteiger partial charge in [-0.15, -0.1) is 0 Å². The lowest BCUT2D eigenvalue weighted by molar-refractivity contribution is 1.29. The molecule has 0 heterocycles. The number of nitrogens with zero attached hydrogens (tertiary/aromatic N) is 1. The van der Waals surface area contributed by atoms with Gasteiger partial charge in [0.05, 0.1) is 5.69 Å². The molecule has 0 unspecified atom stereocenters. The Labute approximate surface area is 182 Å². The molecular formula is C28H21NS. The molecule has 1 nitrogen and oxygen atoms in total. The summed E-state index contributed by atoms with van der Waals surface area (Å²) in [5.74, 6) is 0. The zero-order chi connectivity index (χ0) is 20.3. The first kappa shape index (κ1) is 18.5. The van der Waals surface area contributed by atoms with Crippen LogP contribution in [0.4, 0.5) is 17.1 Å². The van der Waals surface area contributed by atoms with Crippen LogP contribution in [-0.2, 0) is 0 Å². The van der Waals surface area contributed by atoms with Crippen LogP contribution in [0, 0.1) is 0 Å². The molecule has 0 saturated heterocycles. The zero-order valence-corrected chi connectivity index (χ0v) is 17.3. The first-order valence-electron chi connectivity index (χ1n) is 10.1. The van der Waals surface area contributed by atoms with Gasteiger partial charge in [0.1, 0.15) is 0 Å². The Morgan fingerprint density at radius 1 is 0.667 bits per heavy atom. The van der Waals surface area contributed by atoms with E-state index in [1.807, 2.05) is 0 Å². The lowest BCUT2D eigenvalue weighted by Crippen LogP contribution is -2.10. The smallest absolute Gasteiger partial charge is 0.0540 e. The van der Waals surface area contributed by atoms with Crippen molar-refractivity contribution in [1.82, 2.24) is 0 Å². The number of benzene rings is 4. The van der Waals surface area contributed by atoms with Crippen molar-refractivity contribution in [2.45, 2.75) is 6.42 Å². The largest absolute Gasteiger partial charge is 0.310 e. The number of thiocarbonyl (C=S) groups is 1. The number of fused-ring (bicyclic) bond motifs is 1. The summed E-state index contributed by atoms with van der Waals surface area (Å²) in [5.41, 5.74) is 5.74. The maximum absolute atomic E-state index is 5.57. The molecule has 1 aliphatic rings. The van der Waals surface area contributed by atoms with Crippen LogP contribution in [0.3, 0.4) is 0 Å². The van der Waals surface area contributed by atoms with Crippen molar-refractivity contribution in [2.75, 3.05) is 4.90 Å². The van der Waals surface area contributed by atoms with Gasteiger partial charge in [0.15, 0.2) is 0 Å². The fourth-order valence-corrected chi connectivity index (χ4v) is 4.28. The minimum absolute atomic E-state index is 0.842. The van der Waals surface area contributed by atoms with E-state index in [4.69, 9.17) is 12.2 Å². The van der Waals surface area contributed by atoms with Gasteiger partial charge >= 0.3 is 0 Å². The summed E-state index contributed by atoms with van der Waals surface area (Å²) in [4.78, 5) is 3.32. The fraction of sp³-hybridized carbons (Fsp3) is 0.0357. The average molecular weight is 404 g/mol. The van der Waals surface area contributed by atoms with Crippen molar-refractivity contribution in [1.29, 1.82) is 0 Å². The van der Waals surface area contributed by atoms with E-state index in [0.29, 0.717) is 0 Å². The average Bonchev–Trinajstić information content (AvgIpc) is 2.81. The first-order chi connectivity index (χ1) is 14.8. The molecule has 0 amide bonds. The van der Waals surface area contributed by atoms with Gasteiger partial charge in [-0.3, -0.25) is 0 Å². The fourth-order valence-electron chi connectivity index (χ4n) is 4.00. The summed E-state index contributed by atoms with van der Waals surface area (Å²) in [6, 6.07) is 34.3. The highest BCUT2D eigenvalue weighted by molar-refractivity contribution is 7.81. The van der Waals surface area contributed by atoms with E-state index in [2.05, 4.69) is 120 Å². The molecule has 0 N–H and O–H groups in total. The Morgan fingerprint density at radius 2 is 1.37 bits per heavy atom. The Bertz CT molecular complexity index is 1260. The van der Waals surface area contributed by atoms with E-state index < -0.39 is 0 Å². The molecule has 0 spiro atoms. The summed E-state index contributed by atoms with van der Waals surface area (Å²) in [5, 5.41) is 2.46. The number of rotatable bonds is 4. The van der Waals surface area contributed by atoms with Gasteiger partial charge in [-0.2, -0.15) is 0 Å². The molecule has 0 atom stereocenters. The molecule has 4 aromatic carbocycles. The van der Waals surface area contributed by atoms with Crippen molar-refractivity contribution in [3.8, 4) is 0 Å². The van der Waals surface area contributed by atoms with E-state index in [1.54, 1.807) is 0 Å². The highest BCUT2D eigenvalue weighted by Gasteiger charge is 2.16. The van der Waals surface area contributed by atoms with Crippen molar-refractivity contribution in [3.63, 3.8) is 0 Å². The van der Waals surface area contributed by atoms with E-state index >= 15 is 0 Å². The zero-order valence-electron chi connectivity index (χ0n) is 16.5. The number of hydrogen-bond donors (Lipinski definition) is 0. The maximum Gasteiger partial charge on any atom is 0.0540 e. The van der Waals surface area contributed by atoms with Crippen LogP contribution >= 0.6 is 12.2 Å². The SMILES string of the molecule is S=C1CC=CC=C1c1ccc(N(c2ccccc2)c2cccc3ccccc23)cc1. The van der Waals surface area contributed by atoms with Gasteiger partial charge in [0.2, 0.25) is 0 Å². The third-order valence-electron chi connectivity index (χ3n) is 5.46. The van der Waals surface area contributed by atoms with Crippen molar-refractivity contribution in [2.24, 2.45) is 0 Å².